The minimum absolute atomic E-state index is 0.0185. The maximum Gasteiger partial charge on any atom is 0.230 e. The standard InChI is InChI=1S/C11H17NO2/c1-7-2-4-8(5-3-7)9-6-10(13)12-11(9)14/h7-9H,2-6H2,1H3,(H,12,13,14). The Bertz CT molecular complexity index is 254. The highest BCUT2D eigenvalue weighted by Gasteiger charge is 2.37. The summed E-state index contributed by atoms with van der Waals surface area (Å²) in [6, 6.07) is 0. The highest BCUT2D eigenvalue weighted by molar-refractivity contribution is 6.03. The van der Waals surface area contributed by atoms with Gasteiger partial charge in [0.25, 0.3) is 0 Å². The quantitative estimate of drug-likeness (QED) is 0.644. The fourth-order valence-corrected chi connectivity index (χ4v) is 2.64. The van der Waals surface area contributed by atoms with E-state index in [0.717, 1.165) is 18.8 Å². The van der Waals surface area contributed by atoms with E-state index in [4.69, 9.17) is 0 Å². The lowest BCUT2D eigenvalue weighted by atomic mass is 9.76. The molecule has 14 heavy (non-hydrogen) atoms. The van der Waals surface area contributed by atoms with Crippen molar-refractivity contribution in [3.8, 4) is 0 Å². The van der Waals surface area contributed by atoms with E-state index >= 15 is 0 Å². The van der Waals surface area contributed by atoms with Crippen LogP contribution in [0.3, 0.4) is 0 Å². The highest BCUT2D eigenvalue weighted by Crippen LogP contribution is 2.36. The van der Waals surface area contributed by atoms with Crippen molar-refractivity contribution in [1.29, 1.82) is 0 Å². The van der Waals surface area contributed by atoms with Gasteiger partial charge in [0, 0.05) is 12.3 Å². The van der Waals surface area contributed by atoms with Crippen molar-refractivity contribution in [1.82, 2.24) is 5.32 Å². The third kappa shape index (κ3) is 1.81. The number of imide groups is 1. The molecule has 0 spiro atoms. The second-order valence-corrected chi connectivity index (χ2v) is 4.74. The third-order valence-corrected chi connectivity index (χ3v) is 3.63. The lowest BCUT2D eigenvalue weighted by Crippen LogP contribution is -2.28. The van der Waals surface area contributed by atoms with E-state index in [9.17, 15) is 9.59 Å². The van der Waals surface area contributed by atoms with Gasteiger partial charge < -0.3 is 0 Å². The Hall–Kier alpha value is -0.860. The number of carbonyl (C=O) groups excluding carboxylic acids is 2. The Balaban J connectivity index is 1.95. The summed E-state index contributed by atoms with van der Waals surface area (Å²) < 4.78 is 0. The van der Waals surface area contributed by atoms with Gasteiger partial charge in [-0.25, -0.2) is 0 Å². The molecule has 0 aromatic rings. The van der Waals surface area contributed by atoms with Crippen LogP contribution in [-0.4, -0.2) is 11.8 Å². The molecule has 2 amide bonds. The summed E-state index contributed by atoms with van der Waals surface area (Å²) in [6.07, 6.45) is 5.09. The molecule has 1 heterocycles. The fourth-order valence-electron chi connectivity index (χ4n) is 2.64. The number of carbonyl (C=O) groups is 2. The molecule has 1 saturated heterocycles. The average molecular weight is 195 g/mol. The third-order valence-electron chi connectivity index (χ3n) is 3.63. The summed E-state index contributed by atoms with van der Waals surface area (Å²) >= 11 is 0. The minimum atomic E-state index is -0.0846. The SMILES string of the molecule is CC1CCC(C2CC(=O)NC2=O)CC1. The molecule has 1 unspecified atom stereocenters. The first-order valence-corrected chi connectivity index (χ1v) is 5.50. The van der Waals surface area contributed by atoms with Crippen molar-refractivity contribution < 1.29 is 9.59 Å². The molecule has 2 rings (SSSR count). The predicted octanol–water partition coefficient (Wildman–Crippen LogP) is 1.48. The zero-order valence-corrected chi connectivity index (χ0v) is 8.58. The van der Waals surface area contributed by atoms with Crippen LogP contribution in [-0.2, 0) is 9.59 Å². The molecule has 1 aliphatic heterocycles. The zero-order chi connectivity index (χ0) is 10.1. The molecule has 0 radical (unpaired) electrons. The molecule has 0 aromatic heterocycles. The van der Waals surface area contributed by atoms with Gasteiger partial charge in [-0.05, 0) is 24.7 Å². The predicted molar refractivity (Wildman–Crippen MR) is 52.4 cm³/mol. The van der Waals surface area contributed by atoms with Crippen molar-refractivity contribution >= 4 is 11.8 Å². The summed E-state index contributed by atoms with van der Waals surface area (Å²) in [4.78, 5) is 22.5. The second-order valence-electron chi connectivity index (χ2n) is 4.74. The molecule has 78 valence electrons. The first-order chi connectivity index (χ1) is 6.66. The van der Waals surface area contributed by atoms with Crippen molar-refractivity contribution in [2.24, 2.45) is 17.8 Å². The van der Waals surface area contributed by atoms with Crippen LogP contribution in [0.5, 0.6) is 0 Å². The van der Waals surface area contributed by atoms with Gasteiger partial charge in [-0.15, -0.1) is 0 Å². The van der Waals surface area contributed by atoms with Gasteiger partial charge in [-0.3, -0.25) is 14.9 Å². The molecule has 3 heteroatoms. The normalized spacial score (nSPS) is 38.5. The van der Waals surface area contributed by atoms with Gasteiger partial charge in [0.1, 0.15) is 0 Å². The van der Waals surface area contributed by atoms with Gasteiger partial charge >= 0.3 is 0 Å². The van der Waals surface area contributed by atoms with Gasteiger partial charge in [0.05, 0.1) is 0 Å². The fraction of sp³-hybridized carbons (Fsp3) is 0.818. The van der Waals surface area contributed by atoms with E-state index in [0.29, 0.717) is 12.3 Å². The number of hydrogen-bond acceptors (Lipinski definition) is 2. The van der Waals surface area contributed by atoms with Crippen LogP contribution in [0.4, 0.5) is 0 Å². The van der Waals surface area contributed by atoms with Crippen LogP contribution in [0.2, 0.25) is 0 Å². The van der Waals surface area contributed by atoms with Crippen LogP contribution in [0.15, 0.2) is 0 Å². The zero-order valence-electron chi connectivity index (χ0n) is 8.58. The van der Waals surface area contributed by atoms with Crippen LogP contribution < -0.4 is 5.32 Å². The lowest BCUT2D eigenvalue weighted by molar-refractivity contribution is -0.126. The second kappa shape index (κ2) is 3.71. The number of hydrogen-bond donors (Lipinski definition) is 1. The molecule has 2 fully saturated rings. The topological polar surface area (TPSA) is 46.2 Å². The Morgan fingerprint density at radius 1 is 1.14 bits per heavy atom. The Morgan fingerprint density at radius 2 is 1.79 bits per heavy atom. The van der Waals surface area contributed by atoms with Crippen LogP contribution in [0, 0.1) is 17.8 Å². The Labute approximate surface area is 84.2 Å². The summed E-state index contributed by atoms with van der Waals surface area (Å²) in [7, 11) is 0. The van der Waals surface area contributed by atoms with E-state index in [-0.39, 0.29) is 17.7 Å². The number of rotatable bonds is 1. The molecule has 2 aliphatic rings. The molecule has 1 saturated carbocycles. The Kier molecular flexibility index (Phi) is 2.57. The molecule has 3 nitrogen and oxygen atoms in total. The molecule has 1 aliphatic carbocycles. The molecule has 0 aromatic carbocycles. The van der Waals surface area contributed by atoms with Crippen LogP contribution >= 0.6 is 0 Å². The van der Waals surface area contributed by atoms with E-state index < -0.39 is 0 Å². The molecule has 1 atom stereocenters. The highest BCUT2D eigenvalue weighted by atomic mass is 16.2. The molecule has 1 N–H and O–H groups in total. The van der Waals surface area contributed by atoms with Crippen molar-refractivity contribution in [2.75, 3.05) is 0 Å². The van der Waals surface area contributed by atoms with E-state index in [2.05, 4.69) is 12.2 Å². The molecular weight excluding hydrogens is 178 g/mol. The smallest absolute Gasteiger partial charge is 0.230 e. The first kappa shape index (κ1) is 9.69. The molecular formula is C11H17NO2. The average Bonchev–Trinajstić information content (AvgIpc) is 2.47. The van der Waals surface area contributed by atoms with Gasteiger partial charge in [0.15, 0.2) is 0 Å². The first-order valence-electron chi connectivity index (χ1n) is 5.50. The summed E-state index contributed by atoms with van der Waals surface area (Å²) in [5, 5.41) is 2.40. The minimum Gasteiger partial charge on any atom is -0.296 e. The van der Waals surface area contributed by atoms with Gasteiger partial charge in [-0.2, -0.15) is 0 Å². The monoisotopic (exact) mass is 195 g/mol. The largest absolute Gasteiger partial charge is 0.296 e. The summed E-state index contributed by atoms with van der Waals surface area (Å²) in [5.74, 6) is 1.12. The van der Waals surface area contributed by atoms with Gasteiger partial charge in [0.2, 0.25) is 11.8 Å². The number of nitrogens with one attached hydrogen (secondary N) is 1. The van der Waals surface area contributed by atoms with Gasteiger partial charge in [-0.1, -0.05) is 19.8 Å². The maximum atomic E-state index is 11.4. The van der Waals surface area contributed by atoms with Crippen molar-refractivity contribution in [3.63, 3.8) is 0 Å². The van der Waals surface area contributed by atoms with E-state index in [1.54, 1.807) is 0 Å². The van der Waals surface area contributed by atoms with E-state index in [1.807, 2.05) is 0 Å². The van der Waals surface area contributed by atoms with Crippen molar-refractivity contribution in [3.05, 3.63) is 0 Å². The molecule has 0 bridgehead atoms. The summed E-state index contributed by atoms with van der Waals surface area (Å²) in [6.45, 7) is 2.26. The van der Waals surface area contributed by atoms with Crippen LogP contribution in [0.25, 0.3) is 0 Å². The maximum absolute atomic E-state index is 11.4. The van der Waals surface area contributed by atoms with Crippen molar-refractivity contribution in [2.45, 2.75) is 39.0 Å². The Morgan fingerprint density at radius 3 is 2.29 bits per heavy atom. The van der Waals surface area contributed by atoms with E-state index in [1.165, 1.54) is 12.8 Å². The summed E-state index contributed by atoms with van der Waals surface area (Å²) in [5.41, 5.74) is 0. The van der Waals surface area contributed by atoms with Crippen LogP contribution in [0.1, 0.15) is 39.0 Å². The number of amides is 2. The lowest BCUT2D eigenvalue weighted by Gasteiger charge is -2.28.